The van der Waals surface area contributed by atoms with Crippen molar-refractivity contribution in [3.63, 3.8) is 0 Å². The van der Waals surface area contributed by atoms with Crippen LogP contribution in [0, 0.1) is 11.3 Å². The number of ether oxygens (including phenoxy) is 2. The Labute approximate surface area is 160 Å². The van der Waals surface area contributed by atoms with Gasteiger partial charge in [-0.2, -0.15) is 5.26 Å². The highest BCUT2D eigenvalue weighted by Gasteiger charge is 2.11. The van der Waals surface area contributed by atoms with Crippen LogP contribution in [0.4, 0.5) is 5.69 Å². The van der Waals surface area contributed by atoms with E-state index in [0.717, 1.165) is 12.2 Å². The Morgan fingerprint density at radius 2 is 1.89 bits per heavy atom. The molecule has 0 heterocycles. The Morgan fingerprint density at radius 1 is 1.19 bits per heavy atom. The maximum Gasteiger partial charge on any atom is 0.266 e. The summed E-state index contributed by atoms with van der Waals surface area (Å²) < 4.78 is 11.3. The minimum Gasteiger partial charge on any atom is -0.493 e. The number of hydrogen-bond acceptors (Lipinski definition) is 4. The minimum atomic E-state index is -0.472. The second kappa shape index (κ2) is 10.0. The van der Waals surface area contributed by atoms with Gasteiger partial charge >= 0.3 is 0 Å². The Hall–Kier alpha value is -3.26. The number of carbonyl (C=O) groups is 1. The molecule has 0 aliphatic rings. The van der Waals surface area contributed by atoms with Crippen LogP contribution in [-0.4, -0.2) is 18.6 Å². The lowest BCUT2D eigenvalue weighted by Gasteiger charge is -2.11. The minimum absolute atomic E-state index is 0.00468. The van der Waals surface area contributed by atoms with E-state index >= 15 is 0 Å². The van der Waals surface area contributed by atoms with Gasteiger partial charge in [-0.3, -0.25) is 4.79 Å². The number of amides is 1. The highest BCUT2D eigenvalue weighted by Crippen LogP contribution is 2.22. The van der Waals surface area contributed by atoms with Crippen LogP contribution in [0.1, 0.15) is 32.8 Å². The normalized spacial score (nSPS) is 11.0. The number of hydrogen-bond donors (Lipinski definition) is 1. The van der Waals surface area contributed by atoms with Crippen LogP contribution in [0.2, 0.25) is 0 Å². The SMILES string of the molecule is CCCOc1ccccc1/C=C(\C#N)C(=O)Nc1ccc(OC(C)C)cc1. The lowest BCUT2D eigenvalue weighted by Crippen LogP contribution is -2.13. The summed E-state index contributed by atoms with van der Waals surface area (Å²) in [6, 6.07) is 16.3. The molecule has 2 aromatic rings. The zero-order chi connectivity index (χ0) is 19.6. The monoisotopic (exact) mass is 364 g/mol. The van der Waals surface area contributed by atoms with Gasteiger partial charge < -0.3 is 14.8 Å². The van der Waals surface area contributed by atoms with Gasteiger partial charge in [-0.05, 0) is 56.7 Å². The molecule has 1 amide bonds. The predicted octanol–water partition coefficient (Wildman–Crippen LogP) is 4.81. The van der Waals surface area contributed by atoms with Gasteiger partial charge in [-0.15, -0.1) is 0 Å². The molecule has 0 bridgehead atoms. The van der Waals surface area contributed by atoms with Gasteiger partial charge in [0.1, 0.15) is 23.1 Å². The molecule has 5 nitrogen and oxygen atoms in total. The van der Waals surface area contributed by atoms with Crippen molar-refractivity contribution in [1.82, 2.24) is 0 Å². The third kappa shape index (κ3) is 6.19. The highest BCUT2D eigenvalue weighted by atomic mass is 16.5. The zero-order valence-electron chi connectivity index (χ0n) is 15.9. The van der Waals surface area contributed by atoms with Gasteiger partial charge in [0.05, 0.1) is 12.7 Å². The molecular weight excluding hydrogens is 340 g/mol. The van der Waals surface area contributed by atoms with Crippen molar-refractivity contribution in [1.29, 1.82) is 5.26 Å². The summed E-state index contributed by atoms with van der Waals surface area (Å²) in [6.07, 6.45) is 2.49. The van der Waals surface area contributed by atoms with E-state index in [1.54, 1.807) is 24.3 Å². The summed E-state index contributed by atoms with van der Waals surface area (Å²) in [6.45, 7) is 6.48. The van der Waals surface area contributed by atoms with Crippen molar-refractivity contribution >= 4 is 17.7 Å². The van der Waals surface area contributed by atoms with Crippen molar-refractivity contribution < 1.29 is 14.3 Å². The molecule has 0 aliphatic heterocycles. The molecule has 0 saturated heterocycles. The van der Waals surface area contributed by atoms with Crippen molar-refractivity contribution in [3.8, 4) is 17.6 Å². The van der Waals surface area contributed by atoms with E-state index in [0.29, 0.717) is 23.6 Å². The van der Waals surface area contributed by atoms with Crippen molar-refractivity contribution in [2.24, 2.45) is 0 Å². The average molecular weight is 364 g/mol. The van der Waals surface area contributed by atoms with Crippen molar-refractivity contribution in [2.75, 3.05) is 11.9 Å². The fourth-order valence-electron chi connectivity index (χ4n) is 2.33. The lowest BCUT2D eigenvalue weighted by molar-refractivity contribution is -0.112. The number of para-hydroxylation sites is 1. The summed E-state index contributed by atoms with van der Waals surface area (Å²) in [7, 11) is 0. The number of nitriles is 1. The molecule has 140 valence electrons. The average Bonchev–Trinajstić information content (AvgIpc) is 2.66. The van der Waals surface area contributed by atoms with E-state index < -0.39 is 5.91 Å². The first-order chi connectivity index (χ1) is 13.0. The summed E-state index contributed by atoms with van der Waals surface area (Å²) >= 11 is 0. The van der Waals surface area contributed by atoms with Gasteiger partial charge in [-0.1, -0.05) is 25.1 Å². The molecule has 2 aromatic carbocycles. The maximum atomic E-state index is 12.5. The largest absolute Gasteiger partial charge is 0.493 e. The second-order valence-corrected chi connectivity index (χ2v) is 6.20. The zero-order valence-corrected chi connectivity index (χ0v) is 15.9. The topological polar surface area (TPSA) is 71.3 Å². The molecule has 27 heavy (non-hydrogen) atoms. The standard InChI is InChI=1S/C22H24N2O3/c1-4-13-26-21-8-6-5-7-17(21)14-18(15-23)22(25)24-19-9-11-20(12-10-19)27-16(2)3/h5-12,14,16H,4,13H2,1-3H3,(H,24,25)/b18-14+. The van der Waals surface area contributed by atoms with E-state index in [9.17, 15) is 10.1 Å². The maximum absolute atomic E-state index is 12.5. The number of rotatable bonds is 8. The van der Waals surface area contributed by atoms with E-state index in [2.05, 4.69) is 5.32 Å². The molecule has 0 fully saturated rings. The van der Waals surface area contributed by atoms with Crippen LogP contribution in [0.25, 0.3) is 6.08 Å². The Bertz CT molecular complexity index is 833. The second-order valence-electron chi connectivity index (χ2n) is 6.20. The summed E-state index contributed by atoms with van der Waals surface area (Å²) in [5.74, 6) is 0.899. The molecule has 1 N–H and O–H groups in total. The number of benzene rings is 2. The molecule has 0 aliphatic carbocycles. The van der Waals surface area contributed by atoms with Crippen LogP contribution in [0.5, 0.6) is 11.5 Å². The van der Waals surface area contributed by atoms with Gasteiger partial charge in [0.25, 0.3) is 5.91 Å². The van der Waals surface area contributed by atoms with Crippen LogP contribution in [0.3, 0.4) is 0 Å². The first kappa shape index (κ1) is 20.1. The van der Waals surface area contributed by atoms with E-state index in [-0.39, 0.29) is 11.7 Å². The van der Waals surface area contributed by atoms with Crippen LogP contribution in [0.15, 0.2) is 54.1 Å². The van der Waals surface area contributed by atoms with Gasteiger partial charge in [0, 0.05) is 11.3 Å². The fraction of sp³-hybridized carbons (Fsp3) is 0.273. The van der Waals surface area contributed by atoms with E-state index in [1.165, 1.54) is 6.08 Å². The highest BCUT2D eigenvalue weighted by molar-refractivity contribution is 6.09. The summed E-state index contributed by atoms with van der Waals surface area (Å²) in [5.41, 5.74) is 1.29. The molecule has 0 saturated carbocycles. The quantitative estimate of drug-likeness (QED) is 0.539. The van der Waals surface area contributed by atoms with E-state index in [1.807, 2.05) is 51.1 Å². The lowest BCUT2D eigenvalue weighted by atomic mass is 10.1. The molecular formula is C22H24N2O3. The first-order valence-corrected chi connectivity index (χ1v) is 8.95. The van der Waals surface area contributed by atoms with Gasteiger partial charge in [0.2, 0.25) is 0 Å². The van der Waals surface area contributed by atoms with Crippen LogP contribution >= 0.6 is 0 Å². The van der Waals surface area contributed by atoms with Gasteiger partial charge in [0.15, 0.2) is 0 Å². The number of anilines is 1. The third-order valence-corrected chi connectivity index (χ3v) is 3.53. The van der Waals surface area contributed by atoms with Crippen molar-refractivity contribution in [2.45, 2.75) is 33.3 Å². The Balaban J connectivity index is 2.14. The summed E-state index contributed by atoms with van der Waals surface area (Å²) in [5, 5.41) is 12.1. The Morgan fingerprint density at radius 3 is 2.52 bits per heavy atom. The van der Waals surface area contributed by atoms with Crippen LogP contribution < -0.4 is 14.8 Å². The molecule has 0 radical (unpaired) electrons. The molecule has 0 atom stereocenters. The first-order valence-electron chi connectivity index (χ1n) is 8.95. The van der Waals surface area contributed by atoms with Crippen LogP contribution in [-0.2, 0) is 4.79 Å². The molecule has 0 aromatic heterocycles. The third-order valence-electron chi connectivity index (χ3n) is 3.53. The smallest absolute Gasteiger partial charge is 0.266 e. The summed E-state index contributed by atoms with van der Waals surface area (Å²) in [4.78, 5) is 12.5. The predicted molar refractivity (Wildman–Crippen MR) is 107 cm³/mol. The number of nitrogens with zero attached hydrogens (tertiary/aromatic N) is 1. The number of carbonyl (C=O) groups excluding carboxylic acids is 1. The molecule has 5 heteroatoms. The molecule has 2 rings (SSSR count). The number of nitrogens with one attached hydrogen (secondary N) is 1. The van der Waals surface area contributed by atoms with E-state index in [4.69, 9.17) is 9.47 Å². The molecule has 0 spiro atoms. The Kier molecular flexibility index (Phi) is 7.45. The van der Waals surface area contributed by atoms with Crippen molar-refractivity contribution in [3.05, 3.63) is 59.7 Å². The fourth-order valence-corrected chi connectivity index (χ4v) is 2.33. The van der Waals surface area contributed by atoms with Gasteiger partial charge in [-0.25, -0.2) is 0 Å². The molecule has 0 unspecified atom stereocenters.